The van der Waals surface area contributed by atoms with Crippen LogP contribution in [0.5, 0.6) is 0 Å². The summed E-state index contributed by atoms with van der Waals surface area (Å²) in [7, 11) is 0. The fourth-order valence-electron chi connectivity index (χ4n) is 8.10. The molecule has 10 aromatic rings. The van der Waals surface area contributed by atoms with Crippen LogP contribution in [0.2, 0.25) is 0 Å². The van der Waals surface area contributed by atoms with Crippen LogP contribution in [0.15, 0.2) is 231 Å². The third-order valence-electron chi connectivity index (χ3n) is 10.8. The van der Waals surface area contributed by atoms with Crippen LogP contribution in [0.25, 0.3) is 72.0 Å². The Balaban J connectivity index is 1.04. The van der Waals surface area contributed by atoms with Crippen molar-refractivity contribution in [1.29, 1.82) is 0 Å². The summed E-state index contributed by atoms with van der Waals surface area (Å²) in [4.78, 5) is 2.31. The van der Waals surface area contributed by atoms with E-state index in [1.807, 2.05) is 0 Å². The molecule has 0 unspecified atom stereocenters. The quantitative estimate of drug-likeness (QED) is 0.152. The molecule has 0 aliphatic carbocycles. The lowest BCUT2D eigenvalue weighted by Crippen LogP contribution is -2.09. The van der Waals surface area contributed by atoms with Gasteiger partial charge in [0.15, 0.2) is 0 Å². The molecule has 0 radical (unpaired) electrons. The van der Waals surface area contributed by atoms with Crippen LogP contribution >= 0.6 is 0 Å². The second kappa shape index (κ2) is 14.4. The predicted molar refractivity (Wildman–Crippen MR) is 237 cm³/mol. The predicted octanol–water partition coefficient (Wildman–Crippen LogP) is 14.9. The highest BCUT2D eigenvalue weighted by molar-refractivity contribution is 6.10. The number of rotatable bonds is 8. The molecule has 2 heteroatoms. The lowest BCUT2D eigenvalue weighted by molar-refractivity contribution is 1.18. The van der Waals surface area contributed by atoms with Crippen LogP contribution < -0.4 is 4.90 Å². The van der Waals surface area contributed by atoms with Crippen molar-refractivity contribution in [3.63, 3.8) is 0 Å². The van der Waals surface area contributed by atoms with E-state index in [0.717, 1.165) is 22.7 Å². The first-order chi connectivity index (χ1) is 27.8. The number of anilines is 3. The van der Waals surface area contributed by atoms with Crippen molar-refractivity contribution in [2.24, 2.45) is 0 Å². The Labute approximate surface area is 327 Å². The number of fused-ring (bicyclic) bond motifs is 3. The Morgan fingerprint density at radius 3 is 1.45 bits per heavy atom. The number of benzene rings is 9. The van der Waals surface area contributed by atoms with Gasteiger partial charge in [0.25, 0.3) is 0 Å². The highest BCUT2D eigenvalue weighted by atomic mass is 15.1. The Morgan fingerprint density at radius 2 is 0.732 bits per heavy atom. The normalized spacial score (nSPS) is 11.2. The number of hydrogen-bond acceptors (Lipinski definition) is 1. The minimum absolute atomic E-state index is 1.12. The average Bonchev–Trinajstić information content (AvgIpc) is 3.61. The number of para-hydroxylation sites is 4. The summed E-state index contributed by atoms with van der Waals surface area (Å²) in [6.45, 7) is 0. The van der Waals surface area contributed by atoms with E-state index in [0.29, 0.717) is 0 Å². The summed E-state index contributed by atoms with van der Waals surface area (Å²) < 4.78 is 2.45. The van der Waals surface area contributed by atoms with Crippen molar-refractivity contribution in [3.05, 3.63) is 231 Å². The molecule has 2 nitrogen and oxygen atoms in total. The van der Waals surface area contributed by atoms with Gasteiger partial charge in [0.2, 0.25) is 0 Å². The molecule has 1 aromatic heterocycles. The molecule has 1 heterocycles. The largest absolute Gasteiger partial charge is 0.310 e. The molecule has 0 aliphatic heterocycles. The molecular weight excluding hydrogens is 677 g/mol. The summed E-state index contributed by atoms with van der Waals surface area (Å²) in [5, 5.41) is 2.49. The fourth-order valence-corrected chi connectivity index (χ4v) is 8.10. The zero-order valence-corrected chi connectivity index (χ0v) is 30.8. The highest BCUT2D eigenvalue weighted by Crippen LogP contribution is 2.40. The Bertz CT molecular complexity index is 2910. The monoisotopic (exact) mass is 714 g/mol. The molecule has 0 atom stereocenters. The third kappa shape index (κ3) is 6.14. The van der Waals surface area contributed by atoms with Gasteiger partial charge in [0.1, 0.15) is 0 Å². The lowest BCUT2D eigenvalue weighted by Gasteiger charge is -2.25. The summed E-state index contributed by atoms with van der Waals surface area (Å²) in [6, 6.07) is 83.0. The molecule has 9 aromatic carbocycles. The number of nitrogens with zero attached hydrogens (tertiary/aromatic N) is 2. The van der Waals surface area contributed by atoms with E-state index < -0.39 is 0 Å². The van der Waals surface area contributed by atoms with Crippen LogP contribution in [-0.4, -0.2) is 4.57 Å². The number of aromatic nitrogens is 1. The van der Waals surface area contributed by atoms with Crippen LogP contribution in [-0.2, 0) is 0 Å². The van der Waals surface area contributed by atoms with Gasteiger partial charge in [-0.15, -0.1) is 0 Å². The smallest absolute Gasteiger partial charge is 0.0547 e. The minimum atomic E-state index is 1.12. The van der Waals surface area contributed by atoms with Crippen LogP contribution in [0.1, 0.15) is 0 Å². The summed E-state index contributed by atoms with van der Waals surface area (Å²) in [6.07, 6.45) is 0. The summed E-state index contributed by atoms with van der Waals surface area (Å²) in [5.74, 6) is 0. The first-order valence-corrected chi connectivity index (χ1v) is 19.2. The van der Waals surface area contributed by atoms with E-state index in [1.54, 1.807) is 0 Å². The van der Waals surface area contributed by atoms with E-state index in [2.05, 4.69) is 240 Å². The van der Waals surface area contributed by atoms with Gasteiger partial charge < -0.3 is 9.47 Å². The highest BCUT2D eigenvalue weighted by Gasteiger charge is 2.17. The van der Waals surface area contributed by atoms with Crippen LogP contribution in [0.3, 0.4) is 0 Å². The van der Waals surface area contributed by atoms with Gasteiger partial charge in [-0.2, -0.15) is 0 Å². The first-order valence-electron chi connectivity index (χ1n) is 19.2. The van der Waals surface area contributed by atoms with Crippen molar-refractivity contribution in [1.82, 2.24) is 4.57 Å². The third-order valence-corrected chi connectivity index (χ3v) is 10.8. The van der Waals surface area contributed by atoms with Gasteiger partial charge >= 0.3 is 0 Å². The van der Waals surface area contributed by atoms with Gasteiger partial charge in [-0.25, -0.2) is 0 Å². The summed E-state index contributed by atoms with van der Waals surface area (Å²) >= 11 is 0. The van der Waals surface area contributed by atoms with Gasteiger partial charge in [-0.05, 0) is 99.6 Å². The lowest BCUT2D eigenvalue weighted by atomic mass is 9.97. The molecule has 56 heavy (non-hydrogen) atoms. The van der Waals surface area contributed by atoms with E-state index >= 15 is 0 Å². The van der Waals surface area contributed by atoms with Crippen molar-refractivity contribution >= 4 is 38.9 Å². The Morgan fingerprint density at radius 1 is 0.268 bits per heavy atom. The van der Waals surface area contributed by atoms with Crippen LogP contribution in [0, 0.1) is 0 Å². The Kier molecular flexibility index (Phi) is 8.55. The van der Waals surface area contributed by atoms with Crippen molar-refractivity contribution in [3.8, 4) is 50.2 Å². The number of hydrogen-bond donors (Lipinski definition) is 0. The minimum Gasteiger partial charge on any atom is -0.310 e. The van der Waals surface area contributed by atoms with Gasteiger partial charge in [-0.1, -0.05) is 170 Å². The molecule has 0 fully saturated rings. The SMILES string of the molecule is c1ccc(-c2cccc(-c3ccccc3-n3c4ccccc4c4ccc(-c5ccc(-c6cccc(N(c7ccccc7)c7ccccc7)c6)cc5)cc43)c2)cc1. The van der Waals surface area contributed by atoms with Gasteiger partial charge in [-0.3, -0.25) is 0 Å². The average molecular weight is 715 g/mol. The maximum atomic E-state index is 2.45. The van der Waals surface area contributed by atoms with Crippen molar-refractivity contribution < 1.29 is 0 Å². The van der Waals surface area contributed by atoms with E-state index in [9.17, 15) is 0 Å². The molecule has 0 N–H and O–H groups in total. The van der Waals surface area contributed by atoms with Gasteiger partial charge in [0, 0.05) is 33.4 Å². The summed E-state index contributed by atoms with van der Waals surface area (Å²) in [5.41, 5.74) is 16.5. The zero-order valence-electron chi connectivity index (χ0n) is 30.8. The maximum absolute atomic E-state index is 2.45. The second-order valence-electron chi connectivity index (χ2n) is 14.2. The fraction of sp³-hybridized carbons (Fsp3) is 0. The van der Waals surface area contributed by atoms with Crippen molar-refractivity contribution in [2.45, 2.75) is 0 Å². The Hall–Kier alpha value is -7.42. The molecule has 0 bridgehead atoms. The first kappa shape index (κ1) is 33.2. The molecule has 264 valence electrons. The molecular formula is C54H38N2. The standard InChI is InChI=1S/C54H38N2/c1-4-16-39(17-5-1)42-18-14-20-45(36-42)49-26-10-12-28-52(49)56-53-29-13-11-27-50(53)51-35-34-44(38-54(51)56)41-32-30-40(31-33-41)43-19-15-25-48(37-43)55(46-21-6-2-7-22-46)47-23-8-3-9-24-47/h1-38H. The van der Waals surface area contributed by atoms with E-state index in [4.69, 9.17) is 0 Å². The zero-order chi connectivity index (χ0) is 37.3. The molecule has 0 aliphatic rings. The van der Waals surface area contributed by atoms with E-state index in [1.165, 1.54) is 66.3 Å². The molecule has 0 spiro atoms. The maximum Gasteiger partial charge on any atom is 0.0547 e. The second-order valence-corrected chi connectivity index (χ2v) is 14.2. The molecule has 0 saturated heterocycles. The molecule has 0 amide bonds. The van der Waals surface area contributed by atoms with Crippen LogP contribution in [0.4, 0.5) is 17.1 Å². The molecule has 0 saturated carbocycles. The van der Waals surface area contributed by atoms with E-state index in [-0.39, 0.29) is 0 Å². The van der Waals surface area contributed by atoms with Crippen molar-refractivity contribution in [2.75, 3.05) is 4.90 Å². The molecule has 10 rings (SSSR count). The van der Waals surface area contributed by atoms with Gasteiger partial charge in [0.05, 0.1) is 16.7 Å². The topological polar surface area (TPSA) is 8.17 Å².